The van der Waals surface area contributed by atoms with Crippen molar-refractivity contribution in [1.29, 1.82) is 0 Å². The fourth-order valence-electron chi connectivity index (χ4n) is 2.54. The molecule has 3 nitrogen and oxygen atoms in total. The van der Waals surface area contributed by atoms with Crippen LogP contribution in [0.25, 0.3) is 0 Å². The van der Waals surface area contributed by atoms with Crippen molar-refractivity contribution >= 4 is 19.4 Å². The first-order valence-corrected chi connectivity index (χ1v) is 9.40. The van der Waals surface area contributed by atoms with Crippen LogP contribution in [0.1, 0.15) is 36.8 Å². The molecule has 0 radical (unpaired) electrons. The molecular weight excluding hydrogens is 428 g/mol. The number of carbonyl (C=O) groups is 1. The maximum absolute atomic E-state index is 13.2. The average molecular weight is 446 g/mol. The van der Waals surface area contributed by atoms with Crippen LogP contribution in [0.15, 0.2) is 42.5 Å². The summed E-state index contributed by atoms with van der Waals surface area (Å²) in [5.41, 5.74) is -5.82. The predicted octanol–water partition coefficient (Wildman–Crippen LogP) is 2.75. The van der Waals surface area contributed by atoms with E-state index in [4.69, 9.17) is 9.47 Å². The molecule has 0 amide bonds. The van der Waals surface area contributed by atoms with E-state index in [1.54, 1.807) is 13.8 Å². The topological polar surface area (TPSA) is 35.5 Å². The van der Waals surface area contributed by atoms with Gasteiger partial charge in [-0.25, -0.2) is 0 Å². The van der Waals surface area contributed by atoms with Crippen LogP contribution in [0.2, 0.25) is 0 Å². The van der Waals surface area contributed by atoms with Crippen molar-refractivity contribution in [2.24, 2.45) is 0 Å². The van der Waals surface area contributed by atoms with Crippen LogP contribution in [0.3, 0.4) is 0 Å². The van der Waals surface area contributed by atoms with Gasteiger partial charge >= 0.3 is 31.2 Å². The van der Waals surface area contributed by atoms with Gasteiger partial charge in [0.25, 0.3) is 0 Å². The molecule has 0 heterocycles. The molecule has 0 aromatic heterocycles. The summed E-state index contributed by atoms with van der Waals surface area (Å²) >= 11 is 0. The summed E-state index contributed by atoms with van der Waals surface area (Å²) in [7, 11) is -0.926. The van der Waals surface area contributed by atoms with Crippen LogP contribution in [0.5, 0.6) is 5.75 Å². The molecule has 0 spiro atoms. The second-order valence-electron chi connectivity index (χ2n) is 5.84. The molecule has 0 saturated heterocycles. The van der Waals surface area contributed by atoms with Crippen LogP contribution >= 0.6 is 8.58 Å². The van der Waals surface area contributed by atoms with Crippen molar-refractivity contribution in [1.82, 2.24) is 0 Å². The van der Waals surface area contributed by atoms with Gasteiger partial charge in [0.2, 0.25) is 0 Å². The molecule has 2 atom stereocenters. The monoisotopic (exact) mass is 446 g/mol. The molecule has 0 aliphatic heterocycles. The Hall–Kier alpha value is -1.52. The van der Waals surface area contributed by atoms with Crippen molar-refractivity contribution in [2.45, 2.75) is 32.5 Å². The number of halogens is 6. The zero-order valence-electron chi connectivity index (χ0n) is 17.3. The molecule has 2 unspecified atom stereocenters. The summed E-state index contributed by atoms with van der Waals surface area (Å²) < 4.78 is 89.9. The molecule has 2 rings (SSSR count). The first-order valence-electron chi connectivity index (χ1n) is 8.40. The van der Waals surface area contributed by atoms with Gasteiger partial charge in [-0.2, -0.15) is 26.3 Å². The van der Waals surface area contributed by atoms with E-state index in [1.807, 2.05) is 0 Å². The van der Waals surface area contributed by atoms with Crippen molar-refractivity contribution in [2.75, 3.05) is 6.61 Å². The predicted molar refractivity (Wildman–Crippen MR) is 98.0 cm³/mol. The Morgan fingerprint density at radius 3 is 1.93 bits per heavy atom. The van der Waals surface area contributed by atoms with Gasteiger partial charge < -0.3 is 10.9 Å². The minimum Gasteiger partial charge on any atom is -1.00 e. The molecule has 30 heavy (non-hydrogen) atoms. The number of hydrogen-bond donors (Lipinski definition) is 0. The van der Waals surface area contributed by atoms with E-state index < -0.39 is 49.4 Å². The standard InChI is InChI=1S/C19H17F6O3P.Li.H/c1-3-27-11(2)28-12-7-9-13(10-8-12)29-17(26)16-14(18(20,21)22)5-4-6-15(16)19(23,24)25;;/h4-11,29H,3H2,1-2H3;;/q;+1;-1. The van der Waals surface area contributed by atoms with Gasteiger partial charge in [-0.05, 0) is 52.0 Å². The zero-order chi connectivity index (χ0) is 21.8. The Morgan fingerprint density at radius 1 is 1.00 bits per heavy atom. The molecule has 2 aromatic rings. The summed E-state index contributed by atoms with van der Waals surface area (Å²) in [6.45, 7) is 3.87. The van der Waals surface area contributed by atoms with Crippen LogP contribution in [0.4, 0.5) is 26.3 Å². The van der Waals surface area contributed by atoms with Gasteiger partial charge in [-0.3, -0.25) is 4.79 Å². The first kappa shape index (κ1) is 26.5. The Kier molecular flexibility index (Phi) is 9.43. The van der Waals surface area contributed by atoms with E-state index in [1.165, 1.54) is 24.3 Å². The number of ether oxygens (including phenoxy) is 2. The second-order valence-corrected chi connectivity index (χ2v) is 7.12. The fourth-order valence-corrected chi connectivity index (χ4v) is 3.53. The summed E-state index contributed by atoms with van der Waals surface area (Å²) in [6, 6.07) is 7.33. The van der Waals surface area contributed by atoms with Gasteiger partial charge in [0.1, 0.15) is 5.75 Å². The van der Waals surface area contributed by atoms with Crippen molar-refractivity contribution in [3.8, 4) is 5.75 Å². The van der Waals surface area contributed by atoms with Crippen LogP contribution in [0, 0.1) is 0 Å². The quantitative estimate of drug-likeness (QED) is 0.284. The van der Waals surface area contributed by atoms with Crippen LogP contribution in [-0.4, -0.2) is 18.4 Å². The second kappa shape index (κ2) is 10.7. The molecule has 0 fully saturated rings. The van der Waals surface area contributed by atoms with Crippen molar-refractivity contribution in [3.05, 3.63) is 59.2 Å². The number of carbonyl (C=O) groups excluding carboxylic acids is 1. The summed E-state index contributed by atoms with van der Waals surface area (Å²) in [6.07, 6.45) is -10.7. The Balaban J connectivity index is 0.00000450. The summed E-state index contributed by atoms with van der Waals surface area (Å²) in [5, 5.41) is 0.275. The third-order valence-electron chi connectivity index (χ3n) is 3.72. The molecule has 2 aromatic carbocycles. The van der Waals surface area contributed by atoms with Gasteiger partial charge in [-0.15, -0.1) is 0 Å². The molecular formula is C19H18F6LiO3P. The normalized spacial score (nSPS) is 13.2. The minimum atomic E-state index is -5.09. The first-order chi connectivity index (χ1) is 13.4. The van der Waals surface area contributed by atoms with Crippen LogP contribution in [-0.2, 0) is 17.1 Å². The molecule has 11 heteroatoms. The van der Waals surface area contributed by atoms with Crippen molar-refractivity contribution in [3.63, 3.8) is 0 Å². The molecule has 0 aliphatic rings. The van der Waals surface area contributed by atoms with E-state index in [0.717, 1.165) is 0 Å². The smallest absolute Gasteiger partial charge is 1.00 e. The largest absolute Gasteiger partial charge is 1.00 e. The molecule has 0 saturated carbocycles. The Morgan fingerprint density at radius 2 is 1.50 bits per heavy atom. The fraction of sp³-hybridized carbons (Fsp3) is 0.316. The minimum absolute atomic E-state index is 0. The third-order valence-corrected chi connectivity index (χ3v) is 4.82. The molecule has 0 aliphatic carbocycles. The zero-order valence-corrected chi connectivity index (χ0v) is 17.3. The van der Waals surface area contributed by atoms with E-state index in [-0.39, 0.29) is 25.6 Å². The SMILES string of the molecule is CCOC(C)Oc1ccc(PC(=O)c2c(C(F)(F)F)cccc2C(F)(F)F)cc1.[H-].[Li+]. The molecule has 160 valence electrons. The number of hydrogen-bond acceptors (Lipinski definition) is 3. The third kappa shape index (κ3) is 7.02. The maximum Gasteiger partial charge on any atom is 1.00 e. The van der Waals surface area contributed by atoms with Gasteiger partial charge in [0.15, 0.2) is 11.8 Å². The number of benzene rings is 2. The Labute approximate surface area is 184 Å². The summed E-state index contributed by atoms with van der Waals surface area (Å²) in [5.74, 6) is 0.388. The van der Waals surface area contributed by atoms with Gasteiger partial charge in [-0.1, -0.05) is 18.2 Å². The molecule has 0 N–H and O–H groups in total. The van der Waals surface area contributed by atoms with Crippen molar-refractivity contribution < 1.29 is 60.9 Å². The number of rotatable bonds is 7. The van der Waals surface area contributed by atoms with E-state index in [9.17, 15) is 31.1 Å². The van der Waals surface area contributed by atoms with E-state index >= 15 is 0 Å². The van der Waals surface area contributed by atoms with E-state index in [0.29, 0.717) is 30.6 Å². The summed E-state index contributed by atoms with van der Waals surface area (Å²) in [4.78, 5) is 12.5. The van der Waals surface area contributed by atoms with Gasteiger partial charge in [0.05, 0.1) is 11.1 Å². The van der Waals surface area contributed by atoms with Gasteiger partial charge in [0, 0.05) is 12.2 Å². The Bertz CT molecular complexity index is 827. The number of alkyl halides is 6. The average Bonchev–Trinajstić information content (AvgIpc) is 2.61. The molecule has 0 bridgehead atoms. The van der Waals surface area contributed by atoms with Crippen LogP contribution < -0.4 is 28.9 Å². The van der Waals surface area contributed by atoms with E-state index in [2.05, 4.69) is 0 Å². The maximum atomic E-state index is 13.2.